The van der Waals surface area contributed by atoms with Crippen molar-refractivity contribution in [2.75, 3.05) is 13.1 Å². The van der Waals surface area contributed by atoms with Gasteiger partial charge in [0, 0.05) is 13.1 Å². The SMILES string of the molecule is CCCN(CCC)S(=O)(=O)N[C@@H](C)C(=O)OC(C)(C)C. The molecule has 20 heavy (non-hydrogen) atoms. The molecule has 0 radical (unpaired) electrons. The molecular formula is C13H28N2O4S. The zero-order chi connectivity index (χ0) is 16.0. The molecule has 0 amide bonds. The Kier molecular flexibility index (Phi) is 7.69. The molecular weight excluding hydrogens is 280 g/mol. The van der Waals surface area contributed by atoms with Crippen LogP contribution in [0, 0.1) is 0 Å². The van der Waals surface area contributed by atoms with Gasteiger partial charge in [0.1, 0.15) is 11.6 Å². The quantitative estimate of drug-likeness (QED) is 0.692. The van der Waals surface area contributed by atoms with E-state index in [1.807, 2.05) is 13.8 Å². The highest BCUT2D eigenvalue weighted by Gasteiger charge is 2.28. The summed E-state index contributed by atoms with van der Waals surface area (Å²) < 4.78 is 33.3. The molecule has 0 saturated heterocycles. The van der Waals surface area contributed by atoms with Crippen LogP contribution in [0.1, 0.15) is 54.4 Å². The van der Waals surface area contributed by atoms with E-state index in [9.17, 15) is 13.2 Å². The van der Waals surface area contributed by atoms with Crippen LogP contribution in [0.15, 0.2) is 0 Å². The Hall–Kier alpha value is -0.660. The number of nitrogens with zero attached hydrogens (tertiary/aromatic N) is 1. The molecule has 0 aliphatic rings. The molecule has 7 heteroatoms. The molecule has 0 aliphatic heterocycles. The van der Waals surface area contributed by atoms with Crippen LogP contribution in [0.3, 0.4) is 0 Å². The minimum Gasteiger partial charge on any atom is -0.459 e. The van der Waals surface area contributed by atoms with Crippen LogP contribution in [-0.2, 0) is 19.7 Å². The molecule has 0 saturated carbocycles. The highest BCUT2D eigenvalue weighted by Crippen LogP contribution is 2.09. The van der Waals surface area contributed by atoms with Crippen molar-refractivity contribution in [3.63, 3.8) is 0 Å². The first kappa shape index (κ1) is 19.3. The summed E-state index contributed by atoms with van der Waals surface area (Å²) in [6.45, 7) is 11.4. The smallest absolute Gasteiger partial charge is 0.324 e. The summed E-state index contributed by atoms with van der Waals surface area (Å²) >= 11 is 0. The number of hydrogen-bond acceptors (Lipinski definition) is 4. The molecule has 6 nitrogen and oxygen atoms in total. The molecule has 0 heterocycles. The summed E-state index contributed by atoms with van der Waals surface area (Å²) in [6.07, 6.45) is 1.45. The van der Waals surface area contributed by atoms with E-state index < -0.39 is 27.8 Å². The van der Waals surface area contributed by atoms with Crippen molar-refractivity contribution in [3.05, 3.63) is 0 Å². The van der Waals surface area contributed by atoms with Crippen molar-refractivity contribution in [1.82, 2.24) is 9.03 Å². The Balaban J connectivity index is 4.76. The lowest BCUT2D eigenvalue weighted by Gasteiger charge is -2.25. The second-order valence-electron chi connectivity index (χ2n) is 5.78. The third-order valence-electron chi connectivity index (χ3n) is 2.37. The summed E-state index contributed by atoms with van der Waals surface area (Å²) in [4.78, 5) is 11.8. The summed E-state index contributed by atoms with van der Waals surface area (Å²) in [5.74, 6) is -0.575. The molecule has 0 rings (SSSR count). The Bertz CT molecular complexity index is 395. The fourth-order valence-corrected chi connectivity index (χ4v) is 3.13. The van der Waals surface area contributed by atoms with Gasteiger partial charge in [-0.1, -0.05) is 13.8 Å². The molecule has 0 spiro atoms. The zero-order valence-corrected chi connectivity index (χ0v) is 14.2. The second-order valence-corrected chi connectivity index (χ2v) is 7.48. The topological polar surface area (TPSA) is 75.7 Å². The Morgan fingerprint density at radius 3 is 2.00 bits per heavy atom. The van der Waals surface area contributed by atoms with E-state index in [4.69, 9.17) is 4.74 Å². The van der Waals surface area contributed by atoms with Crippen LogP contribution >= 0.6 is 0 Å². The normalized spacial score (nSPS) is 14.3. The lowest BCUT2D eigenvalue weighted by Crippen LogP contribution is -2.49. The van der Waals surface area contributed by atoms with E-state index in [1.54, 1.807) is 20.8 Å². The highest BCUT2D eigenvalue weighted by molar-refractivity contribution is 7.87. The van der Waals surface area contributed by atoms with Crippen molar-refractivity contribution in [1.29, 1.82) is 0 Å². The maximum absolute atomic E-state index is 12.2. The first-order chi connectivity index (χ1) is 9.03. The lowest BCUT2D eigenvalue weighted by atomic mass is 10.2. The van der Waals surface area contributed by atoms with Gasteiger partial charge in [-0.2, -0.15) is 17.4 Å². The maximum atomic E-state index is 12.2. The first-order valence-electron chi connectivity index (χ1n) is 7.03. The number of ether oxygens (including phenoxy) is 1. The predicted molar refractivity (Wildman–Crippen MR) is 79.5 cm³/mol. The van der Waals surface area contributed by atoms with Gasteiger partial charge in [-0.05, 0) is 40.5 Å². The van der Waals surface area contributed by atoms with Gasteiger partial charge in [-0.25, -0.2) is 0 Å². The molecule has 0 fully saturated rings. The van der Waals surface area contributed by atoms with E-state index in [0.29, 0.717) is 13.1 Å². The van der Waals surface area contributed by atoms with E-state index in [0.717, 1.165) is 12.8 Å². The average Bonchev–Trinajstić information content (AvgIpc) is 2.25. The standard InChI is InChI=1S/C13H28N2O4S/c1-7-9-15(10-8-2)20(17,18)14-11(3)12(16)19-13(4,5)6/h11,14H,7-10H2,1-6H3/t11-/m0/s1. The predicted octanol–water partition coefficient (Wildman–Crippen LogP) is 1.67. The van der Waals surface area contributed by atoms with Crippen LogP contribution in [0.4, 0.5) is 0 Å². The molecule has 0 aromatic carbocycles. The van der Waals surface area contributed by atoms with E-state index in [1.165, 1.54) is 11.2 Å². The Morgan fingerprint density at radius 2 is 1.65 bits per heavy atom. The van der Waals surface area contributed by atoms with Gasteiger partial charge in [-0.15, -0.1) is 0 Å². The summed E-state index contributed by atoms with van der Waals surface area (Å²) in [7, 11) is -3.66. The molecule has 1 atom stereocenters. The van der Waals surface area contributed by atoms with Crippen molar-refractivity contribution in [2.45, 2.75) is 66.0 Å². The Labute approximate surface area is 123 Å². The van der Waals surface area contributed by atoms with Crippen LogP contribution in [0.5, 0.6) is 0 Å². The van der Waals surface area contributed by atoms with E-state index in [2.05, 4.69) is 4.72 Å². The van der Waals surface area contributed by atoms with Gasteiger partial charge >= 0.3 is 5.97 Å². The number of rotatable bonds is 8. The minimum atomic E-state index is -3.66. The third-order valence-corrected chi connectivity index (χ3v) is 4.07. The largest absolute Gasteiger partial charge is 0.459 e. The number of carbonyl (C=O) groups excluding carboxylic acids is 1. The molecule has 0 aromatic heterocycles. The van der Waals surface area contributed by atoms with Crippen LogP contribution < -0.4 is 4.72 Å². The second kappa shape index (κ2) is 7.95. The average molecular weight is 308 g/mol. The first-order valence-corrected chi connectivity index (χ1v) is 8.47. The van der Waals surface area contributed by atoms with Gasteiger partial charge in [0.05, 0.1) is 0 Å². The van der Waals surface area contributed by atoms with Gasteiger partial charge in [-0.3, -0.25) is 4.79 Å². The highest BCUT2D eigenvalue weighted by atomic mass is 32.2. The van der Waals surface area contributed by atoms with Gasteiger partial charge in [0.25, 0.3) is 10.2 Å². The number of carbonyl (C=O) groups is 1. The van der Waals surface area contributed by atoms with Gasteiger partial charge in [0.2, 0.25) is 0 Å². The third kappa shape index (κ3) is 7.21. The lowest BCUT2D eigenvalue weighted by molar-refractivity contribution is -0.156. The van der Waals surface area contributed by atoms with E-state index >= 15 is 0 Å². The number of nitrogens with one attached hydrogen (secondary N) is 1. The van der Waals surface area contributed by atoms with Gasteiger partial charge in [0.15, 0.2) is 0 Å². The molecule has 1 N–H and O–H groups in total. The maximum Gasteiger partial charge on any atom is 0.324 e. The van der Waals surface area contributed by atoms with E-state index in [-0.39, 0.29) is 0 Å². The molecule has 0 bridgehead atoms. The molecule has 0 unspecified atom stereocenters. The monoisotopic (exact) mass is 308 g/mol. The summed E-state index contributed by atoms with van der Waals surface area (Å²) in [5.41, 5.74) is -0.636. The molecule has 120 valence electrons. The van der Waals surface area contributed by atoms with Crippen molar-refractivity contribution >= 4 is 16.2 Å². The minimum absolute atomic E-state index is 0.435. The fraction of sp³-hybridized carbons (Fsp3) is 0.923. The van der Waals surface area contributed by atoms with Crippen molar-refractivity contribution < 1.29 is 17.9 Å². The van der Waals surface area contributed by atoms with Crippen LogP contribution in [0.2, 0.25) is 0 Å². The Morgan fingerprint density at radius 1 is 1.20 bits per heavy atom. The van der Waals surface area contributed by atoms with Crippen LogP contribution in [0.25, 0.3) is 0 Å². The molecule has 0 aromatic rings. The van der Waals surface area contributed by atoms with Crippen molar-refractivity contribution in [2.24, 2.45) is 0 Å². The number of hydrogen-bond donors (Lipinski definition) is 1. The van der Waals surface area contributed by atoms with Crippen LogP contribution in [-0.4, -0.2) is 43.4 Å². The summed E-state index contributed by atoms with van der Waals surface area (Å²) in [5, 5.41) is 0. The number of esters is 1. The molecule has 0 aliphatic carbocycles. The van der Waals surface area contributed by atoms with Crippen molar-refractivity contribution in [3.8, 4) is 0 Å². The fourth-order valence-electron chi connectivity index (χ4n) is 1.59. The van der Waals surface area contributed by atoms with Gasteiger partial charge < -0.3 is 4.74 Å². The zero-order valence-electron chi connectivity index (χ0n) is 13.4. The summed E-state index contributed by atoms with van der Waals surface area (Å²) in [6, 6.07) is -0.907.